The number of anilines is 1. The zero-order valence-electron chi connectivity index (χ0n) is 12.4. The van der Waals surface area contributed by atoms with Crippen molar-refractivity contribution in [2.45, 2.75) is 13.3 Å². The topological polar surface area (TPSA) is 38.3 Å². The molecule has 0 aromatic heterocycles. The van der Waals surface area contributed by atoms with Crippen molar-refractivity contribution in [3.63, 3.8) is 0 Å². The molecule has 4 heteroatoms. The first-order valence-corrected chi connectivity index (χ1v) is 7.53. The van der Waals surface area contributed by atoms with Crippen LogP contribution < -0.4 is 10.1 Å². The first-order chi connectivity index (χ1) is 10.7. The Labute approximate surface area is 135 Å². The van der Waals surface area contributed by atoms with E-state index in [1.165, 1.54) is 6.08 Å². The molecule has 0 bridgehead atoms. The van der Waals surface area contributed by atoms with Crippen LogP contribution in [0.25, 0.3) is 6.08 Å². The fourth-order valence-electron chi connectivity index (χ4n) is 1.81. The van der Waals surface area contributed by atoms with Crippen molar-refractivity contribution in [3.05, 3.63) is 65.2 Å². The van der Waals surface area contributed by atoms with Gasteiger partial charge in [0, 0.05) is 16.8 Å². The summed E-state index contributed by atoms with van der Waals surface area (Å²) in [7, 11) is 0. The lowest BCUT2D eigenvalue weighted by Crippen LogP contribution is -2.07. The maximum atomic E-state index is 11.9. The van der Waals surface area contributed by atoms with Crippen LogP contribution in [0.5, 0.6) is 5.75 Å². The van der Waals surface area contributed by atoms with Crippen LogP contribution in [0.1, 0.15) is 18.9 Å². The molecule has 0 saturated carbocycles. The van der Waals surface area contributed by atoms with Gasteiger partial charge < -0.3 is 10.1 Å². The van der Waals surface area contributed by atoms with E-state index in [0.29, 0.717) is 11.6 Å². The second-order valence-electron chi connectivity index (χ2n) is 4.72. The highest BCUT2D eigenvalue weighted by Crippen LogP contribution is 2.17. The molecule has 2 aromatic carbocycles. The minimum absolute atomic E-state index is 0.206. The fraction of sp³-hybridized carbons (Fsp3) is 0.167. The van der Waals surface area contributed by atoms with Crippen LogP contribution in [0.2, 0.25) is 5.02 Å². The van der Waals surface area contributed by atoms with Gasteiger partial charge in [-0.05, 0) is 48.4 Å². The van der Waals surface area contributed by atoms with Crippen LogP contribution >= 0.6 is 11.6 Å². The zero-order chi connectivity index (χ0) is 15.8. The van der Waals surface area contributed by atoms with Crippen LogP contribution in [0.4, 0.5) is 5.69 Å². The van der Waals surface area contributed by atoms with Gasteiger partial charge in [0.05, 0.1) is 6.61 Å². The van der Waals surface area contributed by atoms with Gasteiger partial charge in [0.2, 0.25) is 5.91 Å². The summed E-state index contributed by atoms with van der Waals surface area (Å²) in [5, 5.41) is 3.41. The summed E-state index contributed by atoms with van der Waals surface area (Å²) >= 11 is 6.03. The molecule has 1 N–H and O–H groups in total. The molecule has 0 heterocycles. The molecule has 1 amide bonds. The number of amides is 1. The second kappa shape index (κ2) is 8.25. The van der Waals surface area contributed by atoms with Gasteiger partial charge in [0.1, 0.15) is 5.75 Å². The SMILES string of the molecule is CCCOc1ccc(NC(=O)C=Cc2ccccc2Cl)cc1. The molecule has 0 saturated heterocycles. The molecule has 0 unspecified atom stereocenters. The predicted molar refractivity (Wildman–Crippen MR) is 91.3 cm³/mol. The number of rotatable bonds is 6. The maximum Gasteiger partial charge on any atom is 0.248 e. The lowest BCUT2D eigenvalue weighted by atomic mass is 10.2. The minimum Gasteiger partial charge on any atom is -0.494 e. The second-order valence-corrected chi connectivity index (χ2v) is 5.12. The van der Waals surface area contributed by atoms with Crippen LogP contribution in [0, 0.1) is 0 Å². The third-order valence-electron chi connectivity index (χ3n) is 2.91. The van der Waals surface area contributed by atoms with Crippen molar-refractivity contribution < 1.29 is 9.53 Å². The van der Waals surface area contributed by atoms with Crippen molar-refractivity contribution in [2.75, 3.05) is 11.9 Å². The van der Waals surface area contributed by atoms with Crippen molar-refractivity contribution in [3.8, 4) is 5.75 Å². The molecule has 3 nitrogen and oxygen atoms in total. The Hall–Kier alpha value is -2.26. The predicted octanol–water partition coefficient (Wildman–Crippen LogP) is 4.78. The Balaban J connectivity index is 1.93. The van der Waals surface area contributed by atoms with E-state index in [-0.39, 0.29) is 5.91 Å². The quantitative estimate of drug-likeness (QED) is 0.779. The summed E-state index contributed by atoms with van der Waals surface area (Å²) in [4.78, 5) is 11.9. The highest BCUT2D eigenvalue weighted by atomic mass is 35.5. The van der Waals surface area contributed by atoms with Crippen LogP contribution in [-0.4, -0.2) is 12.5 Å². The molecule has 0 aliphatic carbocycles. The first-order valence-electron chi connectivity index (χ1n) is 7.15. The molecule has 2 rings (SSSR count). The van der Waals surface area contributed by atoms with Crippen LogP contribution in [0.15, 0.2) is 54.6 Å². The van der Waals surface area contributed by atoms with Gasteiger partial charge in [0.25, 0.3) is 0 Å². The van der Waals surface area contributed by atoms with E-state index in [9.17, 15) is 4.79 Å². The molecule has 0 atom stereocenters. The highest BCUT2D eigenvalue weighted by molar-refractivity contribution is 6.32. The third kappa shape index (κ3) is 4.93. The van der Waals surface area contributed by atoms with Gasteiger partial charge in [-0.3, -0.25) is 4.79 Å². The number of carbonyl (C=O) groups excluding carboxylic acids is 1. The summed E-state index contributed by atoms with van der Waals surface area (Å²) < 4.78 is 5.49. The number of halogens is 1. The molecular weight excluding hydrogens is 298 g/mol. The van der Waals surface area contributed by atoms with Gasteiger partial charge >= 0.3 is 0 Å². The molecule has 0 fully saturated rings. The lowest BCUT2D eigenvalue weighted by molar-refractivity contribution is -0.111. The van der Waals surface area contributed by atoms with Gasteiger partial charge in [-0.25, -0.2) is 0 Å². The van der Waals surface area contributed by atoms with E-state index in [4.69, 9.17) is 16.3 Å². The van der Waals surface area contributed by atoms with Gasteiger partial charge in [-0.2, -0.15) is 0 Å². The maximum absolute atomic E-state index is 11.9. The minimum atomic E-state index is -0.206. The van der Waals surface area contributed by atoms with Crippen molar-refractivity contribution in [2.24, 2.45) is 0 Å². The first kappa shape index (κ1) is 16.1. The summed E-state index contributed by atoms with van der Waals surface area (Å²) in [5.41, 5.74) is 1.53. The van der Waals surface area contributed by atoms with E-state index < -0.39 is 0 Å². The van der Waals surface area contributed by atoms with E-state index in [2.05, 4.69) is 12.2 Å². The standard InChI is InChI=1S/C18H18ClNO2/c1-2-13-22-16-10-8-15(9-11-16)20-18(21)12-7-14-5-3-4-6-17(14)19/h3-12H,2,13H2,1H3,(H,20,21). The number of nitrogens with one attached hydrogen (secondary N) is 1. The third-order valence-corrected chi connectivity index (χ3v) is 3.26. The smallest absolute Gasteiger partial charge is 0.248 e. The average Bonchev–Trinajstić information content (AvgIpc) is 2.53. The monoisotopic (exact) mass is 315 g/mol. The van der Waals surface area contributed by atoms with Crippen LogP contribution in [0.3, 0.4) is 0 Å². The summed E-state index contributed by atoms with van der Waals surface area (Å²) in [6.45, 7) is 2.74. The largest absolute Gasteiger partial charge is 0.494 e. The van der Waals surface area contributed by atoms with Crippen molar-refractivity contribution in [1.82, 2.24) is 0 Å². The number of carbonyl (C=O) groups is 1. The molecule has 114 valence electrons. The molecule has 22 heavy (non-hydrogen) atoms. The Morgan fingerprint density at radius 2 is 1.91 bits per heavy atom. The summed E-state index contributed by atoms with van der Waals surface area (Å²) in [6, 6.07) is 14.7. The van der Waals surface area contributed by atoms with E-state index in [0.717, 1.165) is 23.4 Å². The zero-order valence-corrected chi connectivity index (χ0v) is 13.1. The lowest BCUT2D eigenvalue weighted by Gasteiger charge is -2.06. The Kier molecular flexibility index (Phi) is 6.04. The highest BCUT2D eigenvalue weighted by Gasteiger charge is 2.00. The summed E-state index contributed by atoms with van der Waals surface area (Å²) in [5.74, 6) is 0.591. The van der Waals surface area contributed by atoms with Gasteiger partial charge in [-0.15, -0.1) is 0 Å². The normalized spacial score (nSPS) is 10.6. The number of ether oxygens (including phenoxy) is 1. The Morgan fingerprint density at radius 1 is 1.18 bits per heavy atom. The van der Waals surface area contributed by atoms with E-state index in [1.807, 2.05) is 42.5 Å². The number of benzene rings is 2. The van der Waals surface area contributed by atoms with E-state index >= 15 is 0 Å². The van der Waals surface area contributed by atoms with Gasteiger partial charge in [-0.1, -0.05) is 36.7 Å². The summed E-state index contributed by atoms with van der Waals surface area (Å²) in [6.07, 6.45) is 4.12. The Bertz CT molecular complexity index is 650. The molecule has 2 aromatic rings. The van der Waals surface area contributed by atoms with Gasteiger partial charge in [0.15, 0.2) is 0 Å². The van der Waals surface area contributed by atoms with Crippen molar-refractivity contribution in [1.29, 1.82) is 0 Å². The number of hydrogen-bond acceptors (Lipinski definition) is 2. The van der Waals surface area contributed by atoms with E-state index in [1.54, 1.807) is 12.1 Å². The fourth-order valence-corrected chi connectivity index (χ4v) is 2.01. The Morgan fingerprint density at radius 3 is 2.59 bits per heavy atom. The molecule has 0 aliphatic heterocycles. The van der Waals surface area contributed by atoms with Crippen LogP contribution in [-0.2, 0) is 4.79 Å². The molecular formula is C18H18ClNO2. The van der Waals surface area contributed by atoms with Crippen molar-refractivity contribution >= 4 is 29.3 Å². The molecule has 0 spiro atoms. The average molecular weight is 316 g/mol. The molecule has 0 radical (unpaired) electrons. The molecule has 0 aliphatic rings. The number of hydrogen-bond donors (Lipinski definition) is 1.